The van der Waals surface area contributed by atoms with Gasteiger partial charge in [-0.2, -0.15) is 0 Å². The SMILES string of the molecule is CCCCN1C(=O)[C@H](Cc2ccccn2)NC(=O)C12CCN(Cc1ccc(Oc3ccc(C(=O)NC)cc3)cc1)CC2.Cl.Cl. The number of carbonyl (C=O) groups is 3. The number of amides is 3. The molecule has 0 radical (unpaired) electrons. The Hall–Kier alpha value is -3.66. The average Bonchev–Trinajstić information content (AvgIpc) is 3.02. The molecule has 2 aliphatic heterocycles. The predicted molar refractivity (Wildman–Crippen MR) is 175 cm³/mol. The number of ether oxygens (including phenoxy) is 1. The number of hydrogen-bond donors (Lipinski definition) is 2. The van der Waals surface area contributed by atoms with Crippen LogP contribution in [-0.2, 0) is 22.6 Å². The van der Waals surface area contributed by atoms with E-state index < -0.39 is 11.6 Å². The minimum atomic E-state index is -0.797. The number of nitrogens with one attached hydrogen (secondary N) is 2. The Morgan fingerprint density at radius 2 is 1.66 bits per heavy atom. The lowest BCUT2D eigenvalue weighted by atomic mass is 9.81. The van der Waals surface area contributed by atoms with Gasteiger partial charge in [0.2, 0.25) is 11.8 Å². The maximum absolute atomic E-state index is 13.7. The lowest BCUT2D eigenvalue weighted by Gasteiger charge is -2.51. The number of likely N-dealkylation sites (tertiary alicyclic amines) is 1. The molecule has 2 aliphatic rings. The molecule has 11 heteroatoms. The van der Waals surface area contributed by atoms with Gasteiger partial charge >= 0.3 is 0 Å². The third kappa shape index (κ3) is 7.88. The average molecular weight is 643 g/mol. The predicted octanol–water partition coefficient (Wildman–Crippen LogP) is 4.78. The number of benzene rings is 2. The zero-order chi connectivity index (χ0) is 29.5. The van der Waals surface area contributed by atoms with Crippen LogP contribution in [-0.4, -0.2) is 70.8 Å². The number of piperidine rings is 1. The van der Waals surface area contributed by atoms with Crippen molar-refractivity contribution < 1.29 is 19.1 Å². The summed E-state index contributed by atoms with van der Waals surface area (Å²) in [5.41, 5.74) is 1.73. The van der Waals surface area contributed by atoms with Crippen LogP contribution in [0.4, 0.5) is 0 Å². The third-order valence-electron chi connectivity index (χ3n) is 8.28. The van der Waals surface area contributed by atoms with Gasteiger partial charge < -0.3 is 20.3 Å². The number of piperazine rings is 1. The molecule has 0 bridgehead atoms. The van der Waals surface area contributed by atoms with Gasteiger partial charge in [-0.15, -0.1) is 24.8 Å². The summed E-state index contributed by atoms with van der Waals surface area (Å²) in [5, 5.41) is 5.67. The highest BCUT2D eigenvalue weighted by atomic mass is 35.5. The molecule has 0 unspecified atom stereocenters. The summed E-state index contributed by atoms with van der Waals surface area (Å²) in [7, 11) is 1.60. The van der Waals surface area contributed by atoms with E-state index in [0.717, 1.165) is 43.7 Å². The molecule has 44 heavy (non-hydrogen) atoms. The maximum Gasteiger partial charge on any atom is 0.251 e. The molecule has 3 aromatic rings. The molecule has 3 amide bonds. The van der Waals surface area contributed by atoms with E-state index in [9.17, 15) is 14.4 Å². The number of aromatic nitrogens is 1. The summed E-state index contributed by atoms with van der Waals surface area (Å²) >= 11 is 0. The van der Waals surface area contributed by atoms with Gasteiger partial charge in [-0.05, 0) is 73.4 Å². The maximum atomic E-state index is 13.7. The molecule has 0 saturated carbocycles. The molecular formula is C33H41Cl2N5O4. The van der Waals surface area contributed by atoms with Gasteiger partial charge in [0.15, 0.2) is 0 Å². The molecule has 0 aliphatic carbocycles. The second-order valence-electron chi connectivity index (χ2n) is 11.1. The van der Waals surface area contributed by atoms with Gasteiger partial charge in [0, 0.05) is 57.1 Å². The van der Waals surface area contributed by atoms with Crippen molar-refractivity contribution in [1.82, 2.24) is 25.4 Å². The summed E-state index contributed by atoms with van der Waals surface area (Å²) in [6.45, 7) is 4.91. The van der Waals surface area contributed by atoms with Gasteiger partial charge in [-0.25, -0.2) is 0 Å². The lowest BCUT2D eigenvalue weighted by Crippen LogP contribution is -2.73. The smallest absolute Gasteiger partial charge is 0.251 e. The van der Waals surface area contributed by atoms with Crippen LogP contribution in [0.2, 0.25) is 0 Å². The van der Waals surface area contributed by atoms with E-state index in [1.54, 1.807) is 37.5 Å². The van der Waals surface area contributed by atoms with Gasteiger partial charge in [0.05, 0.1) is 0 Å². The van der Waals surface area contributed by atoms with E-state index in [0.29, 0.717) is 42.9 Å². The number of rotatable bonds is 10. The van der Waals surface area contributed by atoms with Crippen LogP contribution in [0, 0.1) is 0 Å². The Kier molecular flexibility index (Phi) is 12.6. The third-order valence-corrected chi connectivity index (χ3v) is 8.28. The Morgan fingerprint density at radius 3 is 2.25 bits per heavy atom. The van der Waals surface area contributed by atoms with Gasteiger partial charge in [-0.1, -0.05) is 31.5 Å². The highest BCUT2D eigenvalue weighted by Crippen LogP contribution is 2.34. The van der Waals surface area contributed by atoms with Crippen molar-refractivity contribution >= 4 is 42.5 Å². The number of carbonyl (C=O) groups excluding carboxylic acids is 3. The highest BCUT2D eigenvalue weighted by molar-refractivity contribution is 6.00. The molecule has 2 aromatic carbocycles. The quantitative estimate of drug-likeness (QED) is 0.330. The van der Waals surface area contributed by atoms with Crippen molar-refractivity contribution in [2.45, 2.75) is 57.2 Å². The second-order valence-corrected chi connectivity index (χ2v) is 11.1. The Balaban J connectivity index is 0.00000264. The van der Waals surface area contributed by atoms with Crippen LogP contribution < -0.4 is 15.4 Å². The Labute approximate surface area is 271 Å². The van der Waals surface area contributed by atoms with Crippen LogP contribution in [0.5, 0.6) is 11.5 Å². The Bertz CT molecular complexity index is 1380. The zero-order valence-corrected chi connectivity index (χ0v) is 26.8. The van der Waals surface area contributed by atoms with Crippen LogP contribution in [0.25, 0.3) is 0 Å². The van der Waals surface area contributed by atoms with E-state index in [-0.39, 0.29) is 42.5 Å². The van der Waals surface area contributed by atoms with Crippen molar-refractivity contribution in [3.63, 3.8) is 0 Å². The Morgan fingerprint density at radius 1 is 1.00 bits per heavy atom. The first kappa shape index (κ1) is 34.8. The van der Waals surface area contributed by atoms with Crippen LogP contribution in [0.3, 0.4) is 0 Å². The summed E-state index contributed by atoms with van der Waals surface area (Å²) < 4.78 is 5.95. The number of pyridine rings is 1. The number of halogens is 2. The monoisotopic (exact) mass is 641 g/mol. The first-order chi connectivity index (χ1) is 20.4. The van der Waals surface area contributed by atoms with E-state index in [1.807, 2.05) is 47.4 Å². The van der Waals surface area contributed by atoms with Crippen molar-refractivity contribution in [2.75, 3.05) is 26.7 Å². The van der Waals surface area contributed by atoms with Crippen LogP contribution in [0.15, 0.2) is 72.9 Å². The topological polar surface area (TPSA) is 104 Å². The normalized spacial score (nSPS) is 17.7. The first-order valence-corrected chi connectivity index (χ1v) is 14.8. The van der Waals surface area contributed by atoms with E-state index in [4.69, 9.17) is 4.74 Å². The minimum Gasteiger partial charge on any atom is -0.457 e. The van der Waals surface area contributed by atoms with Gasteiger partial charge in [0.25, 0.3) is 5.91 Å². The van der Waals surface area contributed by atoms with Gasteiger partial charge in [-0.3, -0.25) is 24.3 Å². The molecule has 2 fully saturated rings. The molecular weight excluding hydrogens is 601 g/mol. The molecule has 1 atom stereocenters. The largest absolute Gasteiger partial charge is 0.457 e. The molecule has 236 valence electrons. The summed E-state index contributed by atoms with van der Waals surface area (Å²) in [5.74, 6) is 1.20. The van der Waals surface area contributed by atoms with Gasteiger partial charge in [0.1, 0.15) is 23.1 Å². The van der Waals surface area contributed by atoms with Crippen molar-refractivity contribution in [1.29, 1.82) is 0 Å². The molecule has 1 aromatic heterocycles. The van der Waals surface area contributed by atoms with E-state index >= 15 is 0 Å². The van der Waals surface area contributed by atoms with Crippen LogP contribution >= 0.6 is 24.8 Å². The molecule has 3 heterocycles. The van der Waals surface area contributed by atoms with Crippen LogP contribution in [0.1, 0.15) is 54.2 Å². The van der Waals surface area contributed by atoms with Crippen molar-refractivity contribution in [3.05, 3.63) is 89.7 Å². The summed E-state index contributed by atoms with van der Waals surface area (Å²) in [6.07, 6.45) is 5.16. The molecule has 9 nitrogen and oxygen atoms in total. The summed E-state index contributed by atoms with van der Waals surface area (Å²) in [4.78, 5) is 47.6. The van der Waals surface area contributed by atoms with E-state index in [2.05, 4.69) is 27.4 Å². The number of nitrogens with zero attached hydrogens (tertiary/aromatic N) is 3. The standard InChI is InChI=1S/C33H39N5O4.2ClH/c1-3-4-19-38-31(40)29(22-26-7-5-6-18-35-26)36-32(41)33(38)16-20-37(21-17-33)23-24-8-12-27(13-9-24)42-28-14-10-25(11-15-28)30(39)34-2;;/h5-15,18,29H,3-4,16-17,19-23H2,1-2H3,(H,34,39)(H,36,41);2*1H/t29-;;/m0../s1. The number of hydrogen-bond acceptors (Lipinski definition) is 6. The zero-order valence-electron chi connectivity index (χ0n) is 25.2. The molecule has 2 saturated heterocycles. The molecule has 2 N–H and O–H groups in total. The van der Waals surface area contributed by atoms with E-state index in [1.165, 1.54) is 0 Å². The summed E-state index contributed by atoms with van der Waals surface area (Å²) in [6, 6.07) is 20.0. The first-order valence-electron chi connectivity index (χ1n) is 14.8. The lowest BCUT2D eigenvalue weighted by molar-refractivity contribution is -0.161. The molecule has 5 rings (SSSR count). The molecule has 1 spiro atoms. The van der Waals surface area contributed by atoms with Crippen molar-refractivity contribution in [2.24, 2.45) is 0 Å². The highest BCUT2D eigenvalue weighted by Gasteiger charge is 2.53. The fourth-order valence-corrected chi connectivity index (χ4v) is 5.84. The number of unbranched alkanes of at least 4 members (excludes halogenated alkanes) is 1. The fourth-order valence-electron chi connectivity index (χ4n) is 5.84. The second kappa shape index (κ2) is 15.9. The fraction of sp³-hybridized carbons (Fsp3) is 0.394. The van der Waals surface area contributed by atoms with Crippen molar-refractivity contribution in [3.8, 4) is 11.5 Å². The minimum absolute atomic E-state index is 0.